The van der Waals surface area contributed by atoms with Crippen LogP contribution in [0.25, 0.3) is 0 Å². The summed E-state index contributed by atoms with van der Waals surface area (Å²) >= 11 is 1.18. The molecule has 0 bridgehead atoms. The van der Waals surface area contributed by atoms with E-state index in [2.05, 4.69) is 20.9 Å². The summed E-state index contributed by atoms with van der Waals surface area (Å²) in [5.74, 6) is 0.435. The number of carbonyl (C=O) groups is 2. The zero-order valence-corrected chi connectivity index (χ0v) is 13.3. The molecule has 0 unspecified atom stereocenters. The average Bonchev–Trinajstić information content (AvgIpc) is 2.86. The second-order valence-corrected chi connectivity index (χ2v) is 5.93. The third-order valence-electron chi connectivity index (χ3n) is 3.36. The second-order valence-electron chi connectivity index (χ2n) is 4.93. The molecule has 0 saturated carbocycles. The number of amides is 3. The minimum Gasteiger partial charge on any atom is -0.495 e. The molecule has 1 aliphatic heterocycles. The molecule has 0 fully saturated rings. The number of aryl methyl sites for hydroxylation is 1. The lowest BCUT2D eigenvalue weighted by molar-refractivity contribution is 0.0960. The highest BCUT2D eigenvalue weighted by Crippen LogP contribution is 2.27. The number of fused-ring (bicyclic) bond motifs is 1. The Morgan fingerprint density at radius 2 is 2.17 bits per heavy atom. The van der Waals surface area contributed by atoms with Crippen molar-refractivity contribution in [3.63, 3.8) is 0 Å². The van der Waals surface area contributed by atoms with Gasteiger partial charge in [-0.25, -0.2) is 9.78 Å². The third-order valence-corrected chi connectivity index (χ3v) is 4.37. The van der Waals surface area contributed by atoms with Gasteiger partial charge < -0.3 is 15.4 Å². The molecular formula is C15H16N4O3S. The van der Waals surface area contributed by atoms with Crippen LogP contribution in [0.3, 0.4) is 0 Å². The number of carbonyl (C=O) groups excluding carboxylic acids is 2. The van der Waals surface area contributed by atoms with Crippen molar-refractivity contribution >= 4 is 34.1 Å². The lowest BCUT2D eigenvalue weighted by Gasteiger charge is -2.09. The molecule has 3 amide bonds. The fourth-order valence-electron chi connectivity index (χ4n) is 2.29. The molecule has 0 radical (unpaired) electrons. The highest BCUT2D eigenvalue weighted by atomic mass is 32.1. The number of aromatic nitrogens is 1. The van der Waals surface area contributed by atoms with Crippen molar-refractivity contribution in [2.75, 3.05) is 24.3 Å². The molecule has 1 aromatic carbocycles. The minimum absolute atomic E-state index is 0.131. The molecule has 2 heterocycles. The molecule has 1 aliphatic rings. The predicted molar refractivity (Wildman–Crippen MR) is 88.4 cm³/mol. The summed E-state index contributed by atoms with van der Waals surface area (Å²) in [7, 11) is 1.54. The number of anilines is 2. The number of ether oxygens (including phenoxy) is 1. The van der Waals surface area contributed by atoms with Crippen LogP contribution >= 0.6 is 11.3 Å². The van der Waals surface area contributed by atoms with E-state index in [-0.39, 0.29) is 5.91 Å². The zero-order valence-electron chi connectivity index (χ0n) is 12.5. The molecule has 7 nitrogen and oxygen atoms in total. The number of urea groups is 1. The van der Waals surface area contributed by atoms with Gasteiger partial charge in [-0.1, -0.05) is 23.5 Å². The van der Waals surface area contributed by atoms with Gasteiger partial charge in [-0.05, 0) is 25.0 Å². The summed E-state index contributed by atoms with van der Waals surface area (Å²) < 4.78 is 5.18. The van der Waals surface area contributed by atoms with Gasteiger partial charge in [0.1, 0.15) is 10.6 Å². The van der Waals surface area contributed by atoms with Gasteiger partial charge in [0.05, 0.1) is 18.5 Å². The Labute approximate surface area is 137 Å². The first-order valence-electron chi connectivity index (χ1n) is 7.16. The largest absolute Gasteiger partial charge is 0.495 e. The summed E-state index contributed by atoms with van der Waals surface area (Å²) in [6.45, 7) is 0.652. The molecule has 120 valence electrons. The van der Waals surface area contributed by atoms with Gasteiger partial charge >= 0.3 is 6.03 Å². The minimum atomic E-state index is -0.432. The van der Waals surface area contributed by atoms with Gasteiger partial charge in [-0.15, -0.1) is 0 Å². The van der Waals surface area contributed by atoms with Crippen molar-refractivity contribution in [2.45, 2.75) is 12.8 Å². The van der Waals surface area contributed by atoms with E-state index in [1.807, 2.05) is 6.07 Å². The van der Waals surface area contributed by atoms with Crippen LogP contribution < -0.4 is 20.7 Å². The average molecular weight is 332 g/mol. The molecule has 0 atom stereocenters. The number of nitrogens with one attached hydrogen (secondary N) is 3. The van der Waals surface area contributed by atoms with E-state index in [4.69, 9.17) is 4.74 Å². The summed E-state index contributed by atoms with van der Waals surface area (Å²) in [6.07, 6.45) is 1.57. The highest BCUT2D eigenvalue weighted by molar-refractivity contribution is 7.17. The van der Waals surface area contributed by atoms with Gasteiger partial charge in [0.15, 0.2) is 5.13 Å². The molecule has 2 aromatic rings. The fourth-order valence-corrected chi connectivity index (χ4v) is 3.21. The van der Waals surface area contributed by atoms with E-state index >= 15 is 0 Å². The smallest absolute Gasteiger partial charge is 0.325 e. The van der Waals surface area contributed by atoms with Crippen LogP contribution in [0.5, 0.6) is 5.75 Å². The van der Waals surface area contributed by atoms with E-state index < -0.39 is 6.03 Å². The maximum atomic E-state index is 12.1. The van der Waals surface area contributed by atoms with Gasteiger partial charge in [-0.3, -0.25) is 10.1 Å². The summed E-state index contributed by atoms with van der Waals surface area (Å²) in [6, 6.07) is 6.68. The van der Waals surface area contributed by atoms with E-state index in [1.165, 1.54) is 18.4 Å². The Bertz CT molecular complexity index is 744. The van der Waals surface area contributed by atoms with Gasteiger partial charge in [0.25, 0.3) is 5.91 Å². The van der Waals surface area contributed by atoms with E-state index in [0.717, 1.165) is 18.5 Å². The zero-order chi connectivity index (χ0) is 16.2. The number of hydrogen-bond acceptors (Lipinski definition) is 5. The molecule has 8 heteroatoms. The van der Waals surface area contributed by atoms with Crippen molar-refractivity contribution in [3.05, 3.63) is 34.8 Å². The first-order valence-corrected chi connectivity index (χ1v) is 7.98. The first kappa shape index (κ1) is 15.3. The van der Waals surface area contributed by atoms with Crippen LogP contribution in [0.1, 0.15) is 21.8 Å². The first-order chi connectivity index (χ1) is 11.2. The molecule has 3 N–H and O–H groups in total. The van der Waals surface area contributed by atoms with Crippen LogP contribution in [0.15, 0.2) is 24.3 Å². The maximum Gasteiger partial charge on any atom is 0.325 e. The standard InChI is InChI=1S/C15H16N4O3S/c1-22-11-7-3-2-5-9(11)17-14(21)19-15-18-10-6-4-8-16-13(20)12(10)23-15/h2-3,5,7H,4,6,8H2,1H3,(H,16,20)(H2,17,18,19,21). The van der Waals surface area contributed by atoms with E-state index in [0.29, 0.717) is 28.0 Å². The quantitative estimate of drug-likeness (QED) is 0.805. The Hall–Kier alpha value is -2.61. The lowest BCUT2D eigenvalue weighted by Crippen LogP contribution is -2.21. The Kier molecular flexibility index (Phi) is 4.42. The van der Waals surface area contributed by atoms with Crippen molar-refractivity contribution in [2.24, 2.45) is 0 Å². The van der Waals surface area contributed by atoms with E-state index in [1.54, 1.807) is 18.2 Å². The van der Waals surface area contributed by atoms with Gasteiger partial charge in [0, 0.05) is 6.54 Å². The van der Waals surface area contributed by atoms with Crippen molar-refractivity contribution in [1.29, 1.82) is 0 Å². The molecule has 3 rings (SSSR count). The lowest BCUT2D eigenvalue weighted by atomic mass is 10.2. The van der Waals surface area contributed by atoms with E-state index in [9.17, 15) is 9.59 Å². The van der Waals surface area contributed by atoms with Crippen LogP contribution in [-0.4, -0.2) is 30.6 Å². The van der Waals surface area contributed by atoms with Crippen LogP contribution in [0, 0.1) is 0 Å². The number of hydrogen-bond donors (Lipinski definition) is 3. The number of methoxy groups -OCH3 is 1. The monoisotopic (exact) mass is 332 g/mol. The topological polar surface area (TPSA) is 92.3 Å². The molecular weight excluding hydrogens is 316 g/mol. The summed E-state index contributed by atoms with van der Waals surface area (Å²) in [5.41, 5.74) is 1.29. The molecule has 23 heavy (non-hydrogen) atoms. The molecule has 0 spiro atoms. The van der Waals surface area contributed by atoms with Crippen LogP contribution in [0.4, 0.5) is 15.6 Å². The number of para-hydroxylation sites is 2. The number of nitrogens with zero attached hydrogens (tertiary/aromatic N) is 1. The van der Waals surface area contributed by atoms with Crippen LogP contribution in [-0.2, 0) is 6.42 Å². The molecule has 0 saturated heterocycles. The van der Waals surface area contributed by atoms with Crippen molar-refractivity contribution in [3.8, 4) is 5.75 Å². The Balaban J connectivity index is 1.71. The number of rotatable bonds is 3. The predicted octanol–water partition coefficient (Wildman–Crippen LogP) is 2.47. The van der Waals surface area contributed by atoms with Crippen molar-refractivity contribution in [1.82, 2.24) is 10.3 Å². The SMILES string of the molecule is COc1ccccc1NC(=O)Nc1nc2c(s1)C(=O)NCCC2. The fraction of sp³-hybridized carbons (Fsp3) is 0.267. The van der Waals surface area contributed by atoms with Crippen LogP contribution in [0.2, 0.25) is 0 Å². The molecule has 0 aliphatic carbocycles. The van der Waals surface area contributed by atoms with Gasteiger partial charge in [0.2, 0.25) is 0 Å². The third kappa shape index (κ3) is 3.42. The Morgan fingerprint density at radius 3 is 3.00 bits per heavy atom. The summed E-state index contributed by atoms with van der Waals surface area (Å²) in [5, 5.41) is 8.58. The molecule has 1 aromatic heterocycles. The van der Waals surface area contributed by atoms with Crippen molar-refractivity contribution < 1.29 is 14.3 Å². The number of thiazole rings is 1. The normalized spacial score (nSPS) is 13.5. The number of benzene rings is 1. The summed E-state index contributed by atoms with van der Waals surface area (Å²) in [4.78, 5) is 28.9. The maximum absolute atomic E-state index is 12.1. The Morgan fingerprint density at radius 1 is 1.35 bits per heavy atom. The van der Waals surface area contributed by atoms with Gasteiger partial charge in [-0.2, -0.15) is 0 Å². The second kappa shape index (κ2) is 6.66. The highest BCUT2D eigenvalue weighted by Gasteiger charge is 2.21.